The van der Waals surface area contributed by atoms with Crippen LogP contribution in [0.3, 0.4) is 0 Å². The summed E-state index contributed by atoms with van der Waals surface area (Å²) in [5.74, 6) is 1.51. The molecule has 17 heavy (non-hydrogen) atoms. The molecular formula is C14H12BrClO. The fraction of sp³-hybridized carbons (Fsp3) is 0.143. The summed E-state index contributed by atoms with van der Waals surface area (Å²) >= 11 is 9.48. The minimum Gasteiger partial charge on any atom is -0.456 e. The van der Waals surface area contributed by atoms with Crippen molar-refractivity contribution in [2.45, 2.75) is 13.8 Å². The summed E-state index contributed by atoms with van der Waals surface area (Å²) in [6.45, 7) is 4.05. The van der Waals surface area contributed by atoms with Crippen LogP contribution in [0, 0.1) is 13.8 Å². The van der Waals surface area contributed by atoms with E-state index in [0.717, 1.165) is 15.8 Å². The van der Waals surface area contributed by atoms with E-state index in [1.165, 1.54) is 5.56 Å². The zero-order chi connectivity index (χ0) is 12.4. The third kappa shape index (κ3) is 3.02. The Morgan fingerprint density at radius 2 is 1.76 bits per heavy atom. The molecule has 0 aliphatic rings. The van der Waals surface area contributed by atoms with E-state index >= 15 is 0 Å². The van der Waals surface area contributed by atoms with Gasteiger partial charge in [-0.1, -0.05) is 39.7 Å². The zero-order valence-corrected chi connectivity index (χ0v) is 12.0. The Morgan fingerprint density at radius 1 is 1.00 bits per heavy atom. The average molecular weight is 312 g/mol. The van der Waals surface area contributed by atoms with Gasteiger partial charge in [0.25, 0.3) is 0 Å². The summed E-state index contributed by atoms with van der Waals surface area (Å²) in [5, 5.41) is 0.597. The van der Waals surface area contributed by atoms with Crippen LogP contribution in [-0.4, -0.2) is 0 Å². The van der Waals surface area contributed by atoms with Gasteiger partial charge in [0.2, 0.25) is 0 Å². The van der Waals surface area contributed by atoms with Crippen LogP contribution in [0.4, 0.5) is 0 Å². The van der Waals surface area contributed by atoms with Gasteiger partial charge < -0.3 is 4.74 Å². The number of hydrogen-bond donors (Lipinski definition) is 0. The molecule has 0 saturated heterocycles. The van der Waals surface area contributed by atoms with Crippen molar-refractivity contribution in [3.8, 4) is 11.5 Å². The maximum Gasteiger partial charge on any atom is 0.146 e. The van der Waals surface area contributed by atoms with Gasteiger partial charge in [-0.25, -0.2) is 0 Å². The van der Waals surface area contributed by atoms with Crippen LogP contribution in [0.15, 0.2) is 40.9 Å². The van der Waals surface area contributed by atoms with Gasteiger partial charge in [-0.05, 0) is 49.2 Å². The molecule has 0 heterocycles. The topological polar surface area (TPSA) is 9.23 Å². The highest BCUT2D eigenvalue weighted by molar-refractivity contribution is 9.10. The third-order valence-corrected chi connectivity index (χ3v) is 3.25. The molecule has 88 valence electrons. The van der Waals surface area contributed by atoms with E-state index in [9.17, 15) is 0 Å². The lowest BCUT2D eigenvalue weighted by molar-refractivity contribution is 0.478. The Balaban J connectivity index is 2.34. The molecule has 0 spiro atoms. The van der Waals surface area contributed by atoms with Gasteiger partial charge in [0.05, 0.1) is 5.02 Å². The first kappa shape index (κ1) is 12.5. The molecule has 3 heteroatoms. The quantitative estimate of drug-likeness (QED) is 0.710. The normalized spacial score (nSPS) is 10.4. The Hall–Kier alpha value is -0.990. The Morgan fingerprint density at radius 3 is 2.47 bits per heavy atom. The molecule has 0 N–H and O–H groups in total. The highest BCUT2D eigenvalue weighted by Gasteiger charge is 2.06. The number of rotatable bonds is 2. The average Bonchev–Trinajstić information content (AvgIpc) is 2.27. The van der Waals surface area contributed by atoms with Gasteiger partial charge in [-0.15, -0.1) is 0 Å². The van der Waals surface area contributed by atoms with Crippen LogP contribution in [0.1, 0.15) is 11.1 Å². The summed E-state index contributed by atoms with van der Waals surface area (Å²) in [5.41, 5.74) is 2.26. The van der Waals surface area contributed by atoms with Gasteiger partial charge >= 0.3 is 0 Å². The van der Waals surface area contributed by atoms with Crippen molar-refractivity contribution in [2.75, 3.05) is 0 Å². The van der Waals surface area contributed by atoms with E-state index in [1.54, 1.807) is 0 Å². The van der Waals surface area contributed by atoms with Gasteiger partial charge in [0, 0.05) is 4.47 Å². The molecule has 0 radical (unpaired) electrons. The molecule has 0 atom stereocenters. The van der Waals surface area contributed by atoms with Crippen molar-refractivity contribution in [3.63, 3.8) is 0 Å². The van der Waals surface area contributed by atoms with Gasteiger partial charge in [-0.2, -0.15) is 0 Å². The molecular weight excluding hydrogens is 300 g/mol. The molecule has 0 bridgehead atoms. The Kier molecular flexibility index (Phi) is 3.75. The molecule has 0 amide bonds. The first-order valence-electron chi connectivity index (χ1n) is 5.26. The second kappa shape index (κ2) is 5.11. The second-order valence-electron chi connectivity index (χ2n) is 3.95. The number of halogens is 2. The molecule has 1 nitrogen and oxygen atoms in total. The predicted molar refractivity (Wildman–Crippen MR) is 75.1 cm³/mol. The van der Waals surface area contributed by atoms with Crippen LogP contribution >= 0.6 is 27.5 Å². The fourth-order valence-electron chi connectivity index (χ4n) is 1.49. The summed E-state index contributed by atoms with van der Waals surface area (Å²) in [6.07, 6.45) is 0. The third-order valence-electron chi connectivity index (χ3n) is 2.46. The molecule has 2 rings (SSSR count). The first-order chi connectivity index (χ1) is 8.06. The van der Waals surface area contributed by atoms with E-state index in [4.69, 9.17) is 16.3 Å². The van der Waals surface area contributed by atoms with E-state index in [1.807, 2.05) is 44.2 Å². The minimum atomic E-state index is 0.597. The maximum atomic E-state index is 6.12. The number of ether oxygens (including phenoxy) is 1. The number of benzene rings is 2. The van der Waals surface area contributed by atoms with Crippen molar-refractivity contribution in [1.29, 1.82) is 0 Å². The monoisotopic (exact) mass is 310 g/mol. The molecule has 0 unspecified atom stereocenters. The van der Waals surface area contributed by atoms with Crippen molar-refractivity contribution in [2.24, 2.45) is 0 Å². The number of hydrogen-bond acceptors (Lipinski definition) is 1. The smallest absolute Gasteiger partial charge is 0.146 e. The van der Waals surface area contributed by atoms with Gasteiger partial charge in [0.1, 0.15) is 11.5 Å². The summed E-state index contributed by atoms with van der Waals surface area (Å²) in [6, 6.07) is 11.7. The van der Waals surface area contributed by atoms with E-state index in [2.05, 4.69) is 22.0 Å². The van der Waals surface area contributed by atoms with Crippen molar-refractivity contribution < 1.29 is 4.74 Å². The molecule has 0 aliphatic carbocycles. The van der Waals surface area contributed by atoms with E-state index in [0.29, 0.717) is 10.8 Å². The Labute approximate surface area is 115 Å². The zero-order valence-electron chi connectivity index (χ0n) is 9.63. The molecule has 0 saturated carbocycles. The largest absolute Gasteiger partial charge is 0.456 e. The summed E-state index contributed by atoms with van der Waals surface area (Å²) < 4.78 is 6.76. The second-order valence-corrected chi connectivity index (χ2v) is 5.27. The van der Waals surface area contributed by atoms with Crippen LogP contribution in [0.2, 0.25) is 5.02 Å². The standard InChI is InChI=1S/C14H12BrClO/c1-9-3-4-10(2)14(7-9)17-13-6-5-11(15)8-12(13)16/h3-8H,1-2H3. The summed E-state index contributed by atoms with van der Waals surface area (Å²) in [7, 11) is 0. The van der Waals surface area contributed by atoms with E-state index in [-0.39, 0.29) is 0 Å². The SMILES string of the molecule is Cc1ccc(C)c(Oc2ccc(Br)cc2Cl)c1. The maximum absolute atomic E-state index is 6.12. The number of aryl methyl sites for hydroxylation is 2. The lowest BCUT2D eigenvalue weighted by Crippen LogP contribution is -1.89. The highest BCUT2D eigenvalue weighted by Crippen LogP contribution is 2.33. The minimum absolute atomic E-state index is 0.597. The van der Waals surface area contributed by atoms with Gasteiger partial charge in [-0.3, -0.25) is 0 Å². The highest BCUT2D eigenvalue weighted by atomic mass is 79.9. The lowest BCUT2D eigenvalue weighted by atomic mass is 10.1. The molecule has 0 aliphatic heterocycles. The van der Waals surface area contributed by atoms with Crippen molar-refractivity contribution in [3.05, 3.63) is 57.0 Å². The molecule has 0 aromatic heterocycles. The van der Waals surface area contributed by atoms with Crippen LogP contribution in [-0.2, 0) is 0 Å². The first-order valence-corrected chi connectivity index (χ1v) is 6.43. The Bertz CT molecular complexity index is 552. The van der Waals surface area contributed by atoms with Crippen molar-refractivity contribution in [1.82, 2.24) is 0 Å². The molecule has 2 aromatic carbocycles. The fourth-order valence-corrected chi connectivity index (χ4v) is 2.21. The van der Waals surface area contributed by atoms with Crippen LogP contribution < -0.4 is 4.74 Å². The van der Waals surface area contributed by atoms with Crippen LogP contribution in [0.5, 0.6) is 11.5 Å². The van der Waals surface area contributed by atoms with Gasteiger partial charge in [0.15, 0.2) is 0 Å². The van der Waals surface area contributed by atoms with Crippen LogP contribution in [0.25, 0.3) is 0 Å². The predicted octanol–water partition coefficient (Wildman–Crippen LogP) is 5.51. The lowest BCUT2D eigenvalue weighted by Gasteiger charge is -2.11. The van der Waals surface area contributed by atoms with E-state index < -0.39 is 0 Å². The summed E-state index contributed by atoms with van der Waals surface area (Å²) in [4.78, 5) is 0. The molecule has 0 fully saturated rings. The molecule has 2 aromatic rings. The van der Waals surface area contributed by atoms with Crippen molar-refractivity contribution >= 4 is 27.5 Å².